The van der Waals surface area contributed by atoms with Crippen LogP contribution in [0.1, 0.15) is 40.5 Å². The van der Waals surface area contributed by atoms with Gasteiger partial charge in [-0.25, -0.2) is 0 Å². The van der Waals surface area contributed by atoms with Crippen LogP contribution in [-0.2, 0) is 0 Å². The van der Waals surface area contributed by atoms with Crippen molar-refractivity contribution in [2.75, 3.05) is 0 Å². The molecule has 0 aliphatic carbocycles. The Kier molecular flexibility index (Phi) is 7.55. The average molecular weight is 231 g/mol. The summed E-state index contributed by atoms with van der Waals surface area (Å²) in [5.41, 5.74) is 0.134. The first-order valence-corrected chi connectivity index (χ1v) is 6.06. The van der Waals surface area contributed by atoms with Crippen molar-refractivity contribution in [3.05, 3.63) is 23.9 Å². The van der Waals surface area contributed by atoms with Gasteiger partial charge in [0.1, 0.15) is 17.7 Å². The summed E-state index contributed by atoms with van der Waals surface area (Å²) in [7, 11) is 0. The van der Waals surface area contributed by atoms with Gasteiger partial charge in [-0.2, -0.15) is 10.5 Å². The number of hydrogen-bond donors (Lipinski definition) is 0. The van der Waals surface area contributed by atoms with Crippen LogP contribution in [-0.4, -0.2) is 17.0 Å². The maximum Gasteiger partial charge on any atom is 0.129 e. The van der Waals surface area contributed by atoms with Gasteiger partial charge in [0, 0.05) is 12.1 Å². The van der Waals surface area contributed by atoms with Crippen molar-refractivity contribution in [1.82, 2.24) is 4.90 Å². The van der Waals surface area contributed by atoms with Crippen molar-refractivity contribution >= 4 is 0 Å². The Morgan fingerprint density at radius 3 is 1.94 bits per heavy atom. The molecule has 92 valence electrons. The van der Waals surface area contributed by atoms with Crippen LogP contribution >= 0.6 is 0 Å². The number of nitriles is 2. The van der Waals surface area contributed by atoms with Crippen molar-refractivity contribution in [3.8, 4) is 12.1 Å². The molecule has 0 N–H and O–H groups in total. The van der Waals surface area contributed by atoms with Crippen LogP contribution in [0, 0.1) is 22.7 Å². The third-order valence-corrected chi connectivity index (χ3v) is 2.96. The highest BCUT2D eigenvalue weighted by Gasteiger charge is 2.12. The van der Waals surface area contributed by atoms with Gasteiger partial charge in [-0.05, 0) is 45.0 Å². The summed E-state index contributed by atoms with van der Waals surface area (Å²) in [6, 6.07) is 4.61. The van der Waals surface area contributed by atoms with E-state index in [9.17, 15) is 0 Å². The van der Waals surface area contributed by atoms with Gasteiger partial charge in [0.25, 0.3) is 0 Å². The minimum Gasteiger partial charge on any atom is -0.372 e. The first-order valence-electron chi connectivity index (χ1n) is 6.06. The van der Waals surface area contributed by atoms with Crippen LogP contribution in [0.3, 0.4) is 0 Å². The van der Waals surface area contributed by atoms with E-state index in [4.69, 9.17) is 10.5 Å². The molecule has 0 heterocycles. The summed E-state index contributed by atoms with van der Waals surface area (Å²) in [5, 5.41) is 17.2. The normalized spacial score (nSPS) is 13.5. The molecule has 0 amide bonds. The van der Waals surface area contributed by atoms with Gasteiger partial charge in [0.2, 0.25) is 0 Å². The molecule has 2 unspecified atom stereocenters. The number of nitrogens with zero attached hydrogens (tertiary/aromatic N) is 3. The molecule has 0 bridgehead atoms. The Morgan fingerprint density at radius 2 is 1.59 bits per heavy atom. The lowest BCUT2D eigenvalue weighted by Crippen LogP contribution is -2.35. The molecule has 0 radical (unpaired) electrons. The highest BCUT2D eigenvalue weighted by molar-refractivity contribution is 5.37. The van der Waals surface area contributed by atoms with E-state index in [0.29, 0.717) is 12.1 Å². The third-order valence-electron chi connectivity index (χ3n) is 2.96. The zero-order valence-electron chi connectivity index (χ0n) is 11.1. The van der Waals surface area contributed by atoms with E-state index in [2.05, 4.69) is 32.6 Å². The Labute approximate surface area is 105 Å². The van der Waals surface area contributed by atoms with Crippen LogP contribution in [0.5, 0.6) is 0 Å². The van der Waals surface area contributed by atoms with Crippen LogP contribution in [0.2, 0.25) is 0 Å². The smallest absolute Gasteiger partial charge is 0.129 e. The second-order valence-corrected chi connectivity index (χ2v) is 4.11. The van der Waals surface area contributed by atoms with E-state index in [0.717, 1.165) is 12.8 Å². The summed E-state index contributed by atoms with van der Waals surface area (Å²) in [6.45, 7) is 8.66. The van der Waals surface area contributed by atoms with Crippen molar-refractivity contribution in [2.24, 2.45) is 0 Å². The Bertz CT molecular complexity index is 329. The molecule has 3 nitrogen and oxygen atoms in total. The molecule has 0 aliphatic heterocycles. The summed E-state index contributed by atoms with van der Waals surface area (Å²) in [4.78, 5) is 2.27. The van der Waals surface area contributed by atoms with Gasteiger partial charge in [-0.3, -0.25) is 0 Å². The molecule has 17 heavy (non-hydrogen) atoms. The highest BCUT2D eigenvalue weighted by atomic mass is 15.2. The zero-order chi connectivity index (χ0) is 13.3. The highest BCUT2D eigenvalue weighted by Crippen LogP contribution is 2.12. The maximum atomic E-state index is 8.61. The van der Waals surface area contributed by atoms with Gasteiger partial charge in [-0.1, -0.05) is 13.8 Å². The molecule has 0 aromatic carbocycles. The molecule has 0 aliphatic rings. The molecular formula is C14H21N3. The van der Waals surface area contributed by atoms with Crippen molar-refractivity contribution in [3.63, 3.8) is 0 Å². The van der Waals surface area contributed by atoms with Crippen LogP contribution in [0.15, 0.2) is 23.9 Å². The largest absolute Gasteiger partial charge is 0.372 e. The molecule has 0 aromatic heterocycles. The molecular weight excluding hydrogens is 210 g/mol. The fourth-order valence-corrected chi connectivity index (χ4v) is 1.49. The van der Waals surface area contributed by atoms with E-state index >= 15 is 0 Å². The molecule has 3 heteroatoms. The van der Waals surface area contributed by atoms with E-state index in [1.165, 1.54) is 0 Å². The van der Waals surface area contributed by atoms with Crippen molar-refractivity contribution in [1.29, 1.82) is 10.5 Å². The van der Waals surface area contributed by atoms with Crippen LogP contribution in [0.25, 0.3) is 0 Å². The summed E-state index contributed by atoms with van der Waals surface area (Å²) >= 11 is 0. The first-order chi connectivity index (χ1) is 8.10. The van der Waals surface area contributed by atoms with E-state index in [1.54, 1.807) is 12.2 Å². The first kappa shape index (κ1) is 15.3. The third kappa shape index (κ3) is 5.22. The monoisotopic (exact) mass is 231 g/mol. The van der Waals surface area contributed by atoms with Crippen molar-refractivity contribution < 1.29 is 0 Å². The number of rotatable bonds is 6. The summed E-state index contributed by atoms with van der Waals surface area (Å²) in [6.07, 6.45) is 7.44. The second kappa shape index (κ2) is 8.42. The maximum absolute atomic E-state index is 8.61. The Balaban J connectivity index is 4.78. The van der Waals surface area contributed by atoms with E-state index < -0.39 is 0 Å². The lowest BCUT2D eigenvalue weighted by atomic mass is 10.1. The Morgan fingerprint density at radius 1 is 1.12 bits per heavy atom. The van der Waals surface area contributed by atoms with Gasteiger partial charge in [0.05, 0.1) is 0 Å². The SMILES string of the molecule is CCC(C)N(/C=C/C=C(C#N)C#N)C(C)CC. The fourth-order valence-electron chi connectivity index (χ4n) is 1.49. The van der Waals surface area contributed by atoms with Gasteiger partial charge in [0.15, 0.2) is 0 Å². The predicted molar refractivity (Wildman–Crippen MR) is 69.8 cm³/mol. The molecule has 0 saturated carbocycles. The summed E-state index contributed by atoms with van der Waals surface area (Å²) in [5.74, 6) is 0. The molecule has 0 rings (SSSR count). The number of allylic oxidation sites excluding steroid dienone is 3. The average Bonchev–Trinajstić information content (AvgIpc) is 2.37. The summed E-state index contributed by atoms with van der Waals surface area (Å²) < 4.78 is 0. The lowest BCUT2D eigenvalue weighted by molar-refractivity contribution is 0.218. The number of hydrogen-bond acceptors (Lipinski definition) is 3. The van der Waals surface area contributed by atoms with Crippen LogP contribution in [0.4, 0.5) is 0 Å². The van der Waals surface area contributed by atoms with Crippen molar-refractivity contribution in [2.45, 2.75) is 52.6 Å². The minimum absolute atomic E-state index is 0.134. The quantitative estimate of drug-likeness (QED) is 0.520. The van der Waals surface area contributed by atoms with Gasteiger partial charge in [-0.15, -0.1) is 0 Å². The molecule has 0 aromatic rings. The molecule has 0 fully saturated rings. The Hall–Kier alpha value is -1.74. The lowest BCUT2D eigenvalue weighted by Gasteiger charge is -2.32. The predicted octanol–water partition coefficient (Wildman–Crippen LogP) is 3.37. The fraction of sp³-hybridized carbons (Fsp3) is 0.571. The zero-order valence-corrected chi connectivity index (χ0v) is 11.1. The van der Waals surface area contributed by atoms with Gasteiger partial charge >= 0.3 is 0 Å². The molecule has 2 atom stereocenters. The topological polar surface area (TPSA) is 50.8 Å². The molecule has 0 saturated heterocycles. The van der Waals surface area contributed by atoms with E-state index in [-0.39, 0.29) is 5.57 Å². The second-order valence-electron chi connectivity index (χ2n) is 4.11. The minimum atomic E-state index is 0.134. The van der Waals surface area contributed by atoms with Crippen LogP contribution < -0.4 is 0 Å². The van der Waals surface area contributed by atoms with E-state index in [1.807, 2.05) is 18.3 Å². The standard InChI is InChI=1S/C14H21N3/c1-5-12(3)17(13(4)6-2)9-7-8-14(10-15)11-16/h7-9,12-13H,5-6H2,1-4H3/b9-7+. The molecule has 0 spiro atoms. The van der Waals surface area contributed by atoms with Gasteiger partial charge < -0.3 is 4.90 Å².